The first-order valence-corrected chi connectivity index (χ1v) is 11.6. The Morgan fingerprint density at radius 1 is 1.00 bits per heavy atom. The molecule has 1 atom stereocenters. The third-order valence-corrected chi connectivity index (χ3v) is 6.08. The van der Waals surface area contributed by atoms with E-state index in [1.165, 1.54) is 5.19 Å². The molecular formula is C19H26N2O2Si. The van der Waals surface area contributed by atoms with E-state index in [1.807, 2.05) is 36.4 Å². The highest BCUT2D eigenvalue weighted by Crippen LogP contribution is 2.19. The van der Waals surface area contributed by atoms with E-state index in [4.69, 9.17) is 4.74 Å². The summed E-state index contributed by atoms with van der Waals surface area (Å²) in [5.41, 5.74) is 1.71. The maximum atomic E-state index is 12.6. The fourth-order valence-corrected chi connectivity index (χ4v) is 3.68. The number of likely N-dealkylation sites (N-methyl/N-ethyl adjacent to an activating group) is 1. The van der Waals surface area contributed by atoms with E-state index in [-0.39, 0.29) is 5.91 Å². The van der Waals surface area contributed by atoms with Crippen LogP contribution in [0.15, 0.2) is 48.5 Å². The average molecular weight is 343 g/mol. The van der Waals surface area contributed by atoms with Gasteiger partial charge in [0.15, 0.2) is 0 Å². The number of hydrogen-bond acceptors (Lipinski definition) is 3. The van der Waals surface area contributed by atoms with Gasteiger partial charge in [0.05, 0.1) is 15.2 Å². The molecule has 0 aliphatic heterocycles. The van der Waals surface area contributed by atoms with Crippen molar-refractivity contribution in [2.24, 2.45) is 0 Å². The zero-order valence-corrected chi connectivity index (χ0v) is 16.0. The standard InChI is InChI=1S/C19H26N2O2Si/c1-20-18(14-6-10-16(23-2)11-7-14)19(22)21-15-8-12-17(13-9-15)24(3,4)5/h6-13,18,20H,1-5H3,(H,21,22)/t18-/m1/s1. The lowest BCUT2D eigenvalue weighted by molar-refractivity contribution is -0.118. The third kappa shape index (κ3) is 4.46. The van der Waals surface area contributed by atoms with Crippen LogP contribution in [-0.2, 0) is 4.79 Å². The molecule has 0 heterocycles. The molecule has 0 radical (unpaired) electrons. The van der Waals surface area contributed by atoms with Gasteiger partial charge in [0, 0.05) is 5.69 Å². The topological polar surface area (TPSA) is 50.4 Å². The van der Waals surface area contributed by atoms with E-state index in [2.05, 4.69) is 42.4 Å². The van der Waals surface area contributed by atoms with Crippen molar-refractivity contribution in [2.75, 3.05) is 19.5 Å². The van der Waals surface area contributed by atoms with E-state index in [0.717, 1.165) is 17.0 Å². The Morgan fingerprint density at radius 2 is 1.58 bits per heavy atom. The van der Waals surface area contributed by atoms with Gasteiger partial charge in [0.1, 0.15) is 11.8 Å². The molecule has 0 aliphatic rings. The van der Waals surface area contributed by atoms with Crippen molar-refractivity contribution in [2.45, 2.75) is 25.7 Å². The fourth-order valence-electron chi connectivity index (χ4n) is 2.51. The maximum absolute atomic E-state index is 12.6. The molecule has 0 aliphatic carbocycles. The molecule has 0 bridgehead atoms. The Kier molecular flexibility index (Phi) is 5.80. The van der Waals surface area contributed by atoms with Crippen molar-refractivity contribution in [1.29, 1.82) is 0 Å². The zero-order valence-electron chi connectivity index (χ0n) is 15.0. The Labute approximate surface area is 145 Å². The average Bonchev–Trinajstić information content (AvgIpc) is 2.56. The quantitative estimate of drug-likeness (QED) is 0.793. The predicted molar refractivity (Wildman–Crippen MR) is 103 cm³/mol. The first kappa shape index (κ1) is 18.2. The SMILES string of the molecule is CN[C@@H](C(=O)Nc1ccc([Si](C)(C)C)cc1)c1ccc(OC)cc1. The summed E-state index contributed by atoms with van der Waals surface area (Å²) >= 11 is 0. The number of carbonyl (C=O) groups excluding carboxylic acids is 1. The fraction of sp³-hybridized carbons (Fsp3) is 0.316. The smallest absolute Gasteiger partial charge is 0.246 e. The molecule has 2 rings (SSSR count). The van der Waals surface area contributed by atoms with Gasteiger partial charge in [-0.15, -0.1) is 0 Å². The normalized spacial score (nSPS) is 12.5. The molecule has 24 heavy (non-hydrogen) atoms. The Balaban J connectivity index is 2.11. The number of anilines is 1. The molecular weight excluding hydrogens is 316 g/mol. The molecule has 0 aromatic heterocycles. The van der Waals surface area contributed by atoms with Crippen LogP contribution >= 0.6 is 0 Å². The second-order valence-corrected chi connectivity index (χ2v) is 11.9. The molecule has 1 amide bonds. The van der Waals surface area contributed by atoms with E-state index in [9.17, 15) is 4.79 Å². The monoisotopic (exact) mass is 342 g/mol. The van der Waals surface area contributed by atoms with Crippen molar-refractivity contribution < 1.29 is 9.53 Å². The number of methoxy groups -OCH3 is 1. The number of ether oxygens (including phenoxy) is 1. The molecule has 0 unspecified atom stereocenters. The van der Waals surface area contributed by atoms with E-state index in [1.54, 1.807) is 14.2 Å². The molecule has 2 N–H and O–H groups in total. The number of nitrogens with one attached hydrogen (secondary N) is 2. The van der Waals surface area contributed by atoms with Gasteiger partial charge in [0.2, 0.25) is 5.91 Å². The molecule has 2 aromatic rings. The van der Waals surface area contributed by atoms with Gasteiger partial charge in [-0.2, -0.15) is 0 Å². The molecule has 0 spiro atoms. The molecule has 2 aromatic carbocycles. The minimum Gasteiger partial charge on any atom is -0.497 e. The first-order valence-electron chi connectivity index (χ1n) is 8.08. The van der Waals surface area contributed by atoms with Crippen LogP contribution in [0.3, 0.4) is 0 Å². The predicted octanol–water partition coefficient (Wildman–Crippen LogP) is 3.14. The summed E-state index contributed by atoms with van der Waals surface area (Å²) in [6.07, 6.45) is 0. The van der Waals surface area contributed by atoms with E-state index < -0.39 is 14.1 Å². The molecule has 128 valence electrons. The third-order valence-electron chi connectivity index (χ3n) is 4.02. The van der Waals surface area contributed by atoms with Gasteiger partial charge in [0.25, 0.3) is 0 Å². The Hall–Kier alpha value is -2.11. The van der Waals surface area contributed by atoms with Crippen LogP contribution < -0.4 is 20.6 Å². The number of benzene rings is 2. The minimum atomic E-state index is -1.32. The molecule has 4 nitrogen and oxygen atoms in total. The zero-order chi connectivity index (χ0) is 17.7. The van der Waals surface area contributed by atoms with Gasteiger partial charge in [-0.25, -0.2) is 0 Å². The van der Waals surface area contributed by atoms with Crippen LogP contribution in [0.1, 0.15) is 11.6 Å². The van der Waals surface area contributed by atoms with Gasteiger partial charge in [-0.1, -0.05) is 49.1 Å². The molecule has 0 saturated carbocycles. The van der Waals surface area contributed by atoms with Crippen LogP contribution in [0, 0.1) is 0 Å². The Morgan fingerprint density at radius 3 is 2.04 bits per heavy atom. The van der Waals surface area contributed by atoms with Crippen LogP contribution in [0.25, 0.3) is 0 Å². The number of rotatable bonds is 6. The summed E-state index contributed by atoms with van der Waals surface area (Å²) in [5.74, 6) is 0.694. The summed E-state index contributed by atoms with van der Waals surface area (Å²) in [7, 11) is 2.08. The van der Waals surface area contributed by atoms with Gasteiger partial charge in [-0.05, 0) is 36.9 Å². The summed E-state index contributed by atoms with van der Waals surface area (Å²) in [6.45, 7) is 6.92. The number of hydrogen-bond donors (Lipinski definition) is 2. The lowest BCUT2D eigenvalue weighted by atomic mass is 10.1. The van der Waals surface area contributed by atoms with Gasteiger partial charge >= 0.3 is 0 Å². The van der Waals surface area contributed by atoms with Crippen molar-refractivity contribution in [1.82, 2.24) is 5.32 Å². The minimum absolute atomic E-state index is 0.0802. The molecule has 0 fully saturated rings. The molecule has 0 saturated heterocycles. The highest BCUT2D eigenvalue weighted by molar-refractivity contribution is 6.88. The van der Waals surface area contributed by atoms with E-state index in [0.29, 0.717) is 0 Å². The van der Waals surface area contributed by atoms with Crippen molar-refractivity contribution in [3.05, 3.63) is 54.1 Å². The number of carbonyl (C=O) groups is 1. The summed E-state index contributed by atoms with van der Waals surface area (Å²) in [6, 6.07) is 15.3. The summed E-state index contributed by atoms with van der Waals surface area (Å²) in [5, 5.41) is 7.42. The van der Waals surface area contributed by atoms with Crippen LogP contribution in [0.5, 0.6) is 5.75 Å². The van der Waals surface area contributed by atoms with Crippen LogP contribution in [0.4, 0.5) is 5.69 Å². The maximum Gasteiger partial charge on any atom is 0.246 e. The molecule has 5 heteroatoms. The summed E-state index contributed by atoms with van der Waals surface area (Å²) < 4.78 is 5.16. The van der Waals surface area contributed by atoms with Crippen molar-refractivity contribution >= 4 is 24.9 Å². The number of amides is 1. The van der Waals surface area contributed by atoms with Crippen molar-refractivity contribution in [3.8, 4) is 5.75 Å². The lowest BCUT2D eigenvalue weighted by Crippen LogP contribution is -2.37. The highest BCUT2D eigenvalue weighted by Gasteiger charge is 2.20. The van der Waals surface area contributed by atoms with E-state index >= 15 is 0 Å². The highest BCUT2D eigenvalue weighted by atomic mass is 28.3. The lowest BCUT2D eigenvalue weighted by Gasteiger charge is -2.19. The van der Waals surface area contributed by atoms with Gasteiger partial charge < -0.3 is 15.4 Å². The summed E-state index contributed by atoms with van der Waals surface area (Å²) in [4.78, 5) is 12.6. The largest absolute Gasteiger partial charge is 0.497 e. The van der Waals surface area contributed by atoms with Crippen molar-refractivity contribution in [3.63, 3.8) is 0 Å². The van der Waals surface area contributed by atoms with Gasteiger partial charge in [-0.3, -0.25) is 4.79 Å². The second kappa shape index (κ2) is 7.64. The second-order valence-electron chi connectivity index (χ2n) is 6.81. The Bertz CT molecular complexity index is 676. The first-order chi connectivity index (χ1) is 11.3. The van der Waals surface area contributed by atoms with Crippen LogP contribution in [0.2, 0.25) is 19.6 Å². The van der Waals surface area contributed by atoms with Crippen LogP contribution in [-0.4, -0.2) is 28.1 Å².